The number of nitrogens with one attached hydrogen (secondary N) is 1. The molecule has 0 amide bonds. The van der Waals surface area contributed by atoms with Crippen molar-refractivity contribution in [2.75, 3.05) is 6.54 Å². The Balaban J connectivity index is 2.71. The van der Waals surface area contributed by atoms with Gasteiger partial charge in [-0.15, -0.1) is 11.3 Å². The van der Waals surface area contributed by atoms with E-state index in [1.807, 2.05) is 0 Å². The summed E-state index contributed by atoms with van der Waals surface area (Å²) in [7, 11) is -3.55. The third-order valence-electron chi connectivity index (χ3n) is 1.96. The lowest BCUT2D eigenvalue weighted by Crippen LogP contribution is -2.43. The molecular formula is C8H13BrN2O3S2. The Morgan fingerprint density at radius 1 is 1.69 bits per heavy atom. The van der Waals surface area contributed by atoms with Crippen LogP contribution in [0.2, 0.25) is 0 Å². The van der Waals surface area contributed by atoms with Crippen molar-refractivity contribution in [2.24, 2.45) is 5.73 Å². The molecule has 16 heavy (non-hydrogen) atoms. The molecular weight excluding hydrogens is 316 g/mol. The van der Waals surface area contributed by atoms with Crippen LogP contribution in [0.5, 0.6) is 0 Å². The maximum Gasteiger partial charge on any atom is 0.251 e. The first-order valence-electron chi connectivity index (χ1n) is 4.51. The molecule has 5 nitrogen and oxygen atoms in total. The first-order chi connectivity index (χ1) is 7.34. The van der Waals surface area contributed by atoms with Crippen LogP contribution < -0.4 is 10.5 Å². The Bertz CT molecular complexity index is 444. The Hall–Kier alpha value is 0.01000. The monoisotopic (exact) mass is 328 g/mol. The highest BCUT2D eigenvalue weighted by molar-refractivity contribution is 9.10. The molecule has 0 aliphatic rings. The fraction of sp³-hybridized carbons (Fsp3) is 0.500. The number of halogens is 1. The maximum absolute atomic E-state index is 11.8. The number of aliphatic hydroxyl groups excluding tert-OH is 1. The van der Waals surface area contributed by atoms with Crippen molar-refractivity contribution in [1.29, 1.82) is 0 Å². The van der Waals surface area contributed by atoms with E-state index in [0.717, 1.165) is 11.3 Å². The van der Waals surface area contributed by atoms with E-state index in [2.05, 4.69) is 20.7 Å². The molecule has 1 rings (SSSR count). The normalized spacial score (nSPS) is 16.0. The SMILES string of the molecule is CC(O)C(N)CNS(=O)(=O)c1sccc1Br. The van der Waals surface area contributed by atoms with E-state index in [1.165, 1.54) is 6.92 Å². The summed E-state index contributed by atoms with van der Waals surface area (Å²) in [5.74, 6) is 0. The molecule has 0 spiro atoms. The van der Waals surface area contributed by atoms with Gasteiger partial charge < -0.3 is 10.8 Å². The lowest BCUT2D eigenvalue weighted by Gasteiger charge is -2.15. The van der Waals surface area contributed by atoms with E-state index in [4.69, 9.17) is 10.8 Å². The molecule has 92 valence electrons. The molecule has 0 aliphatic carbocycles. The Labute approximate surface area is 107 Å². The van der Waals surface area contributed by atoms with Crippen molar-refractivity contribution in [3.63, 3.8) is 0 Å². The number of rotatable bonds is 5. The number of nitrogens with two attached hydrogens (primary N) is 1. The molecule has 0 bridgehead atoms. The maximum atomic E-state index is 11.8. The van der Waals surface area contributed by atoms with Crippen molar-refractivity contribution in [1.82, 2.24) is 4.72 Å². The van der Waals surface area contributed by atoms with Crippen molar-refractivity contribution in [3.8, 4) is 0 Å². The molecule has 1 aromatic rings. The fourth-order valence-electron chi connectivity index (χ4n) is 0.914. The molecule has 1 aromatic heterocycles. The van der Waals surface area contributed by atoms with Gasteiger partial charge in [-0.05, 0) is 34.3 Å². The van der Waals surface area contributed by atoms with E-state index in [-0.39, 0.29) is 10.8 Å². The number of hydrogen-bond donors (Lipinski definition) is 3. The average molecular weight is 329 g/mol. The van der Waals surface area contributed by atoms with Crippen LogP contribution in [0.25, 0.3) is 0 Å². The van der Waals surface area contributed by atoms with Gasteiger partial charge >= 0.3 is 0 Å². The second-order valence-corrected chi connectivity index (χ2v) is 7.05. The van der Waals surface area contributed by atoms with Gasteiger partial charge in [0.1, 0.15) is 4.21 Å². The van der Waals surface area contributed by atoms with Gasteiger partial charge in [-0.25, -0.2) is 13.1 Å². The third kappa shape index (κ3) is 3.51. The van der Waals surface area contributed by atoms with Crippen LogP contribution in [0.15, 0.2) is 20.1 Å². The summed E-state index contributed by atoms with van der Waals surface area (Å²) < 4.78 is 26.6. The molecule has 2 atom stereocenters. The third-order valence-corrected chi connectivity index (χ3v) is 6.05. The lowest BCUT2D eigenvalue weighted by molar-refractivity contribution is 0.164. The molecule has 0 fully saturated rings. The van der Waals surface area contributed by atoms with Gasteiger partial charge in [0, 0.05) is 17.1 Å². The Morgan fingerprint density at radius 2 is 2.31 bits per heavy atom. The zero-order valence-corrected chi connectivity index (χ0v) is 11.8. The summed E-state index contributed by atoms with van der Waals surface area (Å²) in [4.78, 5) is 0. The topological polar surface area (TPSA) is 92.4 Å². The van der Waals surface area contributed by atoms with Crippen molar-refractivity contribution < 1.29 is 13.5 Å². The van der Waals surface area contributed by atoms with Crippen LogP contribution in [0.1, 0.15) is 6.92 Å². The van der Waals surface area contributed by atoms with Crippen LogP contribution in [0, 0.1) is 0 Å². The van der Waals surface area contributed by atoms with Gasteiger partial charge in [0.15, 0.2) is 0 Å². The number of thiophene rings is 1. The van der Waals surface area contributed by atoms with Gasteiger partial charge in [-0.3, -0.25) is 0 Å². The largest absolute Gasteiger partial charge is 0.392 e. The first kappa shape index (κ1) is 14.1. The van der Waals surface area contributed by atoms with Crippen LogP contribution >= 0.6 is 27.3 Å². The van der Waals surface area contributed by atoms with Crippen molar-refractivity contribution in [2.45, 2.75) is 23.3 Å². The summed E-state index contributed by atoms with van der Waals surface area (Å²) in [6.45, 7) is 1.52. The summed E-state index contributed by atoms with van der Waals surface area (Å²) >= 11 is 4.26. The molecule has 2 unspecified atom stereocenters. The van der Waals surface area contributed by atoms with Crippen LogP contribution in [-0.2, 0) is 10.0 Å². The molecule has 0 aromatic carbocycles. The summed E-state index contributed by atoms with van der Waals surface area (Å²) in [5, 5.41) is 10.8. The van der Waals surface area contributed by atoms with Gasteiger partial charge in [0.25, 0.3) is 10.0 Å². The van der Waals surface area contributed by atoms with E-state index in [0.29, 0.717) is 4.47 Å². The van der Waals surface area contributed by atoms with E-state index in [9.17, 15) is 8.42 Å². The molecule has 8 heteroatoms. The molecule has 1 heterocycles. The van der Waals surface area contributed by atoms with Gasteiger partial charge in [0.05, 0.1) is 6.10 Å². The summed E-state index contributed by atoms with van der Waals surface area (Å²) in [6, 6.07) is 1.04. The minimum Gasteiger partial charge on any atom is -0.392 e. The summed E-state index contributed by atoms with van der Waals surface area (Å²) in [6.07, 6.45) is -0.755. The average Bonchev–Trinajstić information content (AvgIpc) is 2.61. The van der Waals surface area contributed by atoms with Gasteiger partial charge in [-0.2, -0.15) is 0 Å². The van der Waals surface area contributed by atoms with Crippen molar-refractivity contribution >= 4 is 37.3 Å². The molecule has 0 radical (unpaired) electrons. The lowest BCUT2D eigenvalue weighted by atomic mass is 10.2. The zero-order valence-electron chi connectivity index (χ0n) is 8.55. The highest BCUT2D eigenvalue weighted by Gasteiger charge is 2.20. The molecule has 0 aliphatic heterocycles. The van der Waals surface area contributed by atoms with Gasteiger partial charge in [0.2, 0.25) is 0 Å². The first-order valence-corrected chi connectivity index (χ1v) is 7.66. The van der Waals surface area contributed by atoms with E-state index in [1.54, 1.807) is 11.4 Å². The molecule has 4 N–H and O–H groups in total. The van der Waals surface area contributed by atoms with Crippen LogP contribution in [0.3, 0.4) is 0 Å². The Morgan fingerprint density at radius 3 is 2.75 bits per heavy atom. The second-order valence-electron chi connectivity index (χ2n) is 3.31. The van der Waals surface area contributed by atoms with Gasteiger partial charge in [-0.1, -0.05) is 0 Å². The predicted octanol–water partition coefficient (Wildman–Crippen LogP) is 0.497. The minimum absolute atomic E-state index is 0.00431. The highest BCUT2D eigenvalue weighted by atomic mass is 79.9. The quantitative estimate of drug-likeness (QED) is 0.733. The van der Waals surface area contributed by atoms with Crippen LogP contribution in [0.4, 0.5) is 0 Å². The summed E-state index contributed by atoms with van der Waals surface area (Å²) in [5.41, 5.74) is 5.53. The minimum atomic E-state index is -3.55. The predicted molar refractivity (Wildman–Crippen MR) is 66.9 cm³/mol. The Kier molecular flexibility index (Phi) is 4.89. The smallest absolute Gasteiger partial charge is 0.251 e. The second kappa shape index (κ2) is 5.56. The molecule has 0 saturated heterocycles. The number of hydrogen-bond acceptors (Lipinski definition) is 5. The fourth-order valence-corrected chi connectivity index (χ4v) is 4.37. The van der Waals surface area contributed by atoms with E-state index < -0.39 is 22.2 Å². The number of sulfonamides is 1. The standard InChI is InChI=1S/C8H13BrN2O3S2/c1-5(12)7(10)4-11-16(13,14)8-6(9)2-3-15-8/h2-3,5,7,11-12H,4,10H2,1H3. The molecule has 0 saturated carbocycles. The van der Waals surface area contributed by atoms with Crippen LogP contribution in [-0.4, -0.2) is 32.2 Å². The number of aliphatic hydroxyl groups is 1. The van der Waals surface area contributed by atoms with E-state index >= 15 is 0 Å². The zero-order chi connectivity index (χ0) is 12.3. The van der Waals surface area contributed by atoms with Crippen molar-refractivity contribution in [3.05, 3.63) is 15.9 Å². The highest BCUT2D eigenvalue weighted by Crippen LogP contribution is 2.27.